The van der Waals surface area contributed by atoms with Crippen LogP contribution in [0.25, 0.3) is 0 Å². The summed E-state index contributed by atoms with van der Waals surface area (Å²) >= 11 is 0. The van der Waals surface area contributed by atoms with Crippen LogP contribution in [-0.2, 0) is 0 Å². The molecule has 0 radical (unpaired) electrons. The topological polar surface area (TPSA) is 3.24 Å². The maximum Gasteiger partial charge on any atom is -0.00163 e. The molecule has 0 aromatic carbocycles. The van der Waals surface area contributed by atoms with Crippen LogP contribution in [0.15, 0.2) is 0 Å². The van der Waals surface area contributed by atoms with Crippen molar-refractivity contribution >= 4 is 0 Å². The predicted octanol–water partition coefficient (Wildman–Crippen LogP) is 5.99. The summed E-state index contributed by atoms with van der Waals surface area (Å²) in [5, 5.41) is 0. The van der Waals surface area contributed by atoms with Gasteiger partial charge in [-0.05, 0) is 44.8 Å². The van der Waals surface area contributed by atoms with E-state index >= 15 is 0 Å². The van der Waals surface area contributed by atoms with E-state index in [1.807, 2.05) is 13.8 Å². The minimum atomic E-state index is 0.848. The van der Waals surface area contributed by atoms with Crippen LogP contribution in [0.3, 0.4) is 0 Å². The van der Waals surface area contributed by atoms with E-state index in [1.54, 1.807) is 0 Å². The molecule has 0 fully saturated rings. The highest BCUT2D eigenvalue weighted by Gasteiger charge is 2.02. The van der Waals surface area contributed by atoms with Crippen molar-refractivity contribution in [2.75, 3.05) is 19.6 Å². The third-order valence-corrected chi connectivity index (χ3v) is 2.60. The molecule has 0 aliphatic rings. The maximum atomic E-state index is 2.58. The molecular weight excluding hydrogens is 218 g/mol. The average molecular weight is 260 g/mol. The molecule has 0 bridgehead atoms. The van der Waals surface area contributed by atoms with Crippen molar-refractivity contribution in [3.63, 3.8) is 0 Å². The molecule has 0 rings (SSSR count). The maximum absolute atomic E-state index is 2.58. The van der Waals surface area contributed by atoms with Crippen molar-refractivity contribution in [3.8, 4) is 0 Å². The lowest BCUT2D eigenvalue weighted by Crippen LogP contribution is -2.27. The fourth-order valence-electron chi connectivity index (χ4n) is 1.41. The summed E-state index contributed by atoms with van der Waals surface area (Å²) < 4.78 is 0. The highest BCUT2D eigenvalue weighted by Crippen LogP contribution is 2.03. The van der Waals surface area contributed by atoms with Gasteiger partial charge in [0.2, 0.25) is 0 Å². The van der Waals surface area contributed by atoms with Gasteiger partial charge in [-0.2, -0.15) is 0 Å². The molecule has 0 amide bonds. The summed E-state index contributed by atoms with van der Waals surface area (Å²) in [7, 11) is 0. The van der Waals surface area contributed by atoms with Crippen LogP contribution in [0.1, 0.15) is 87.5 Å². The highest BCUT2D eigenvalue weighted by molar-refractivity contribution is 4.57. The zero-order chi connectivity index (χ0) is 14.8. The van der Waals surface area contributed by atoms with Crippen LogP contribution in [0, 0.1) is 5.92 Å². The van der Waals surface area contributed by atoms with Gasteiger partial charge >= 0.3 is 0 Å². The van der Waals surface area contributed by atoms with E-state index in [0.29, 0.717) is 0 Å². The molecule has 0 heterocycles. The van der Waals surface area contributed by atoms with Crippen LogP contribution < -0.4 is 0 Å². The van der Waals surface area contributed by atoms with E-state index < -0.39 is 0 Å². The summed E-state index contributed by atoms with van der Waals surface area (Å²) in [6.07, 6.45) is 6.57. The normalized spacial score (nSPS) is 9.67. The van der Waals surface area contributed by atoms with Gasteiger partial charge in [-0.3, -0.25) is 0 Å². The van der Waals surface area contributed by atoms with Crippen molar-refractivity contribution in [3.05, 3.63) is 0 Å². The van der Waals surface area contributed by atoms with Crippen molar-refractivity contribution in [2.24, 2.45) is 5.92 Å². The first-order valence-corrected chi connectivity index (χ1v) is 8.34. The first kappa shape index (κ1) is 23.1. The second-order valence-electron chi connectivity index (χ2n) is 5.02. The number of rotatable bonds is 8. The Hall–Kier alpha value is -0.0400. The smallest absolute Gasteiger partial charge is 0.00163 e. The molecular formula is C17H41N. The standard InChI is InChI=1S/C11H25N.C4H10.C2H6/c1-5-8-12(9-6-2)10-7-11(3)4;1-3-4-2;1-2/h11H,5-10H2,1-4H3;3-4H2,1-2H3;1-2H3. The molecule has 0 saturated heterocycles. The molecule has 0 aromatic rings. The van der Waals surface area contributed by atoms with Gasteiger partial charge < -0.3 is 4.90 Å². The van der Waals surface area contributed by atoms with Crippen LogP contribution in [-0.4, -0.2) is 24.5 Å². The molecule has 1 nitrogen and oxygen atoms in total. The Bertz CT molecular complexity index is 102. The first-order valence-electron chi connectivity index (χ1n) is 8.34. The minimum Gasteiger partial charge on any atom is -0.303 e. The lowest BCUT2D eigenvalue weighted by Gasteiger charge is -2.21. The van der Waals surface area contributed by atoms with E-state index in [1.165, 1.54) is 51.7 Å². The van der Waals surface area contributed by atoms with Crippen molar-refractivity contribution < 1.29 is 0 Å². The molecule has 0 aromatic heterocycles. The van der Waals surface area contributed by atoms with E-state index in [9.17, 15) is 0 Å². The number of hydrogen-bond donors (Lipinski definition) is 0. The Balaban J connectivity index is -0.000000317. The Labute approximate surface area is 118 Å². The quantitative estimate of drug-likeness (QED) is 0.518. The molecule has 0 spiro atoms. The number of nitrogens with zero attached hydrogens (tertiary/aromatic N) is 1. The molecule has 114 valence electrons. The van der Waals surface area contributed by atoms with E-state index in [0.717, 1.165) is 5.92 Å². The average Bonchev–Trinajstić information content (AvgIpc) is 2.39. The fourth-order valence-corrected chi connectivity index (χ4v) is 1.41. The molecule has 1 heteroatoms. The van der Waals surface area contributed by atoms with Crippen LogP contribution >= 0.6 is 0 Å². The van der Waals surface area contributed by atoms with Crippen LogP contribution in [0.2, 0.25) is 0 Å². The van der Waals surface area contributed by atoms with E-state index in [2.05, 4.69) is 46.4 Å². The molecule has 0 aliphatic heterocycles. The summed E-state index contributed by atoms with van der Waals surface area (Å²) in [6.45, 7) is 21.3. The van der Waals surface area contributed by atoms with Crippen molar-refractivity contribution in [1.29, 1.82) is 0 Å². The van der Waals surface area contributed by atoms with Crippen LogP contribution in [0.4, 0.5) is 0 Å². The molecule has 0 aliphatic carbocycles. The number of hydrogen-bond acceptors (Lipinski definition) is 1. The van der Waals surface area contributed by atoms with E-state index in [-0.39, 0.29) is 0 Å². The summed E-state index contributed by atoms with van der Waals surface area (Å²) in [6, 6.07) is 0. The van der Waals surface area contributed by atoms with Gasteiger partial charge in [0.15, 0.2) is 0 Å². The van der Waals surface area contributed by atoms with Gasteiger partial charge in [-0.25, -0.2) is 0 Å². The van der Waals surface area contributed by atoms with Gasteiger partial charge in [0, 0.05) is 0 Å². The predicted molar refractivity (Wildman–Crippen MR) is 88.4 cm³/mol. The molecule has 0 N–H and O–H groups in total. The second kappa shape index (κ2) is 22.2. The van der Waals surface area contributed by atoms with Crippen LogP contribution in [0.5, 0.6) is 0 Å². The zero-order valence-electron chi connectivity index (χ0n) is 14.7. The van der Waals surface area contributed by atoms with E-state index in [4.69, 9.17) is 0 Å². The monoisotopic (exact) mass is 259 g/mol. The lowest BCUT2D eigenvalue weighted by atomic mass is 10.1. The molecule has 0 atom stereocenters. The SMILES string of the molecule is CC.CCCC.CCCN(CCC)CCC(C)C. The van der Waals surface area contributed by atoms with Crippen molar-refractivity contribution in [1.82, 2.24) is 4.90 Å². The third kappa shape index (κ3) is 25.0. The van der Waals surface area contributed by atoms with Gasteiger partial charge in [-0.15, -0.1) is 0 Å². The van der Waals surface area contributed by atoms with Gasteiger partial charge in [-0.1, -0.05) is 68.2 Å². The summed E-state index contributed by atoms with van der Waals surface area (Å²) in [5.74, 6) is 0.848. The minimum absolute atomic E-state index is 0.848. The Morgan fingerprint density at radius 1 is 0.667 bits per heavy atom. The molecule has 0 unspecified atom stereocenters. The largest absolute Gasteiger partial charge is 0.303 e. The first-order chi connectivity index (χ1) is 8.62. The van der Waals surface area contributed by atoms with Gasteiger partial charge in [0.1, 0.15) is 0 Å². The third-order valence-electron chi connectivity index (χ3n) is 2.60. The molecule has 0 saturated carbocycles. The Morgan fingerprint density at radius 3 is 1.28 bits per heavy atom. The Kier molecular flexibility index (Phi) is 28.4. The highest BCUT2D eigenvalue weighted by atomic mass is 15.1. The fraction of sp³-hybridized carbons (Fsp3) is 1.00. The van der Waals surface area contributed by atoms with Gasteiger partial charge in [0.05, 0.1) is 0 Å². The van der Waals surface area contributed by atoms with Crippen molar-refractivity contribution in [2.45, 2.75) is 87.5 Å². The Morgan fingerprint density at radius 2 is 1.06 bits per heavy atom. The molecule has 18 heavy (non-hydrogen) atoms. The van der Waals surface area contributed by atoms with Gasteiger partial charge in [0.25, 0.3) is 0 Å². The zero-order valence-corrected chi connectivity index (χ0v) is 14.7. The second-order valence-corrected chi connectivity index (χ2v) is 5.02. The number of unbranched alkanes of at least 4 members (excludes halogenated alkanes) is 1. The summed E-state index contributed by atoms with van der Waals surface area (Å²) in [5.41, 5.74) is 0. The summed E-state index contributed by atoms with van der Waals surface area (Å²) in [4.78, 5) is 2.58. The lowest BCUT2D eigenvalue weighted by molar-refractivity contribution is 0.258.